The van der Waals surface area contributed by atoms with E-state index >= 15 is 0 Å². The molecule has 1 aromatic rings. The molecular weight excluding hydrogens is 236 g/mol. The first-order chi connectivity index (χ1) is 8.98. The predicted octanol–water partition coefficient (Wildman–Crippen LogP) is 3.91. The van der Waals surface area contributed by atoms with Crippen LogP contribution in [0.25, 0.3) is 11.6 Å². The van der Waals surface area contributed by atoms with Gasteiger partial charge in [0, 0.05) is 28.5 Å². The number of allylic oxidation sites excluding steroid dienone is 3. The summed E-state index contributed by atoms with van der Waals surface area (Å²) >= 11 is 0. The number of Topliss-reactive ketones (excluding diaryl/α,β-unsaturated/α-hetero) is 1. The third-order valence-corrected chi connectivity index (χ3v) is 3.35. The normalized spacial score (nSPS) is 16.3. The summed E-state index contributed by atoms with van der Waals surface area (Å²) in [5.41, 5.74) is 2.75. The number of ketones is 1. The van der Waals surface area contributed by atoms with Crippen LogP contribution in [0.15, 0.2) is 30.4 Å². The maximum Gasteiger partial charge on any atom is 0.163 e. The van der Waals surface area contributed by atoms with Crippen LogP contribution in [0.2, 0.25) is 0 Å². The van der Waals surface area contributed by atoms with E-state index in [0.29, 0.717) is 17.6 Å². The van der Waals surface area contributed by atoms with Crippen LogP contribution >= 0.6 is 0 Å². The zero-order valence-electron chi connectivity index (χ0n) is 11.6. The van der Waals surface area contributed by atoms with E-state index in [2.05, 4.69) is 6.08 Å². The zero-order valence-corrected chi connectivity index (χ0v) is 11.6. The Morgan fingerprint density at radius 2 is 2.05 bits per heavy atom. The molecule has 1 aromatic carbocycles. The van der Waals surface area contributed by atoms with Crippen LogP contribution in [-0.4, -0.2) is 12.1 Å². The van der Waals surface area contributed by atoms with E-state index in [1.54, 1.807) is 6.07 Å². The van der Waals surface area contributed by atoms with Gasteiger partial charge in [-0.15, -0.1) is 0 Å². The molecule has 0 N–H and O–H groups in total. The van der Waals surface area contributed by atoms with Gasteiger partial charge >= 0.3 is 0 Å². The molecule has 2 heteroatoms. The van der Waals surface area contributed by atoms with Gasteiger partial charge in [-0.05, 0) is 5.56 Å². The van der Waals surface area contributed by atoms with Gasteiger partial charge < -0.3 is 0 Å². The van der Waals surface area contributed by atoms with Crippen molar-refractivity contribution >= 4 is 23.7 Å². The van der Waals surface area contributed by atoms with Gasteiger partial charge in [0.05, 0.1) is 0 Å². The number of benzene rings is 1. The lowest BCUT2D eigenvalue weighted by molar-refractivity contribution is -0.103. The lowest BCUT2D eigenvalue weighted by Crippen LogP contribution is -2.06. The van der Waals surface area contributed by atoms with Gasteiger partial charge in [0.1, 0.15) is 6.29 Å². The Morgan fingerprint density at radius 1 is 1.32 bits per heavy atom. The van der Waals surface area contributed by atoms with Crippen molar-refractivity contribution in [2.24, 2.45) is 5.41 Å². The van der Waals surface area contributed by atoms with Crippen LogP contribution in [0, 0.1) is 5.41 Å². The van der Waals surface area contributed by atoms with Crippen molar-refractivity contribution in [3.8, 4) is 0 Å². The van der Waals surface area contributed by atoms with Gasteiger partial charge in [-0.1, -0.05) is 57.2 Å². The van der Waals surface area contributed by atoms with Crippen LogP contribution in [0.5, 0.6) is 0 Å². The summed E-state index contributed by atoms with van der Waals surface area (Å²) in [5, 5.41) is 0. The minimum atomic E-state index is -0.193. The van der Waals surface area contributed by atoms with Crippen LogP contribution in [0.4, 0.5) is 0 Å². The molecule has 1 aliphatic rings. The van der Waals surface area contributed by atoms with E-state index in [-0.39, 0.29) is 11.2 Å². The van der Waals surface area contributed by atoms with E-state index < -0.39 is 0 Å². The first-order valence-corrected chi connectivity index (χ1v) is 6.52. The molecule has 0 saturated heterocycles. The summed E-state index contributed by atoms with van der Waals surface area (Å²) < 4.78 is 0. The Bertz CT molecular complexity index is 589. The van der Waals surface area contributed by atoms with Gasteiger partial charge in [0.15, 0.2) is 5.78 Å². The molecule has 0 aliphatic heterocycles. The second kappa shape index (κ2) is 4.96. The Balaban J connectivity index is 2.74. The van der Waals surface area contributed by atoms with Crippen LogP contribution < -0.4 is 0 Å². The molecule has 0 fully saturated rings. The summed E-state index contributed by atoms with van der Waals surface area (Å²) in [6.45, 7) is 5.92. The standard InChI is InChI=1S/C17H18O2/c1-4-15(19)14-7-5-6-12-8-9-17(2,3)10-13(11-18)16(12)14/h5-11H,4H2,1-3H3. The quantitative estimate of drug-likeness (QED) is 0.605. The molecule has 1 aliphatic carbocycles. The average Bonchev–Trinajstić information content (AvgIpc) is 2.54. The molecule has 98 valence electrons. The zero-order chi connectivity index (χ0) is 14.0. The molecule has 0 saturated carbocycles. The summed E-state index contributed by atoms with van der Waals surface area (Å²) in [7, 11) is 0. The van der Waals surface area contributed by atoms with Crippen molar-refractivity contribution in [3.63, 3.8) is 0 Å². The molecule has 0 amide bonds. The average molecular weight is 254 g/mol. The van der Waals surface area contributed by atoms with E-state index in [1.807, 2.05) is 45.1 Å². The molecule has 2 nitrogen and oxygen atoms in total. The highest BCUT2D eigenvalue weighted by Crippen LogP contribution is 2.34. The monoisotopic (exact) mass is 254 g/mol. The number of fused-ring (bicyclic) bond motifs is 1. The fourth-order valence-electron chi connectivity index (χ4n) is 2.37. The minimum Gasteiger partial charge on any atom is -0.298 e. The predicted molar refractivity (Wildman–Crippen MR) is 77.9 cm³/mol. The van der Waals surface area contributed by atoms with Crippen LogP contribution in [-0.2, 0) is 4.79 Å². The van der Waals surface area contributed by atoms with Gasteiger partial charge in [0.25, 0.3) is 0 Å². The molecule has 0 aromatic heterocycles. The van der Waals surface area contributed by atoms with E-state index in [1.165, 1.54) is 0 Å². The summed E-state index contributed by atoms with van der Waals surface area (Å²) in [6.07, 6.45) is 7.27. The number of aldehydes is 1. The maximum atomic E-state index is 12.1. The Kier molecular flexibility index (Phi) is 3.52. The molecule has 0 spiro atoms. The number of carbonyl (C=O) groups is 2. The van der Waals surface area contributed by atoms with Crippen LogP contribution in [0.1, 0.15) is 48.7 Å². The van der Waals surface area contributed by atoms with Crippen molar-refractivity contribution in [2.75, 3.05) is 0 Å². The highest BCUT2D eigenvalue weighted by atomic mass is 16.1. The summed E-state index contributed by atoms with van der Waals surface area (Å²) in [4.78, 5) is 23.5. The largest absolute Gasteiger partial charge is 0.298 e. The lowest BCUT2D eigenvalue weighted by Gasteiger charge is -2.14. The Morgan fingerprint density at radius 3 is 2.68 bits per heavy atom. The second-order valence-electron chi connectivity index (χ2n) is 5.42. The number of rotatable bonds is 3. The molecule has 0 unspecified atom stereocenters. The van der Waals surface area contributed by atoms with E-state index in [9.17, 15) is 9.59 Å². The number of carbonyl (C=O) groups excluding carboxylic acids is 2. The fraction of sp³-hybridized carbons (Fsp3) is 0.294. The van der Waals surface area contributed by atoms with Crippen molar-refractivity contribution < 1.29 is 9.59 Å². The molecule has 0 radical (unpaired) electrons. The lowest BCUT2D eigenvalue weighted by atomic mass is 9.89. The van der Waals surface area contributed by atoms with Gasteiger partial charge in [-0.25, -0.2) is 0 Å². The van der Waals surface area contributed by atoms with Crippen molar-refractivity contribution in [1.29, 1.82) is 0 Å². The molecular formula is C17H18O2. The maximum absolute atomic E-state index is 12.1. The third kappa shape index (κ3) is 2.58. The molecule has 19 heavy (non-hydrogen) atoms. The topological polar surface area (TPSA) is 34.1 Å². The van der Waals surface area contributed by atoms with E-state index in [4.69, 9.17) is 0 Å². The Hall–Kier alpha value is -1.96. The summed E-state index contributed by atoms with van der Waals surface area (Å²) in [5.74, 6) is 0.0673. The number of hydrogen-bond acceptors (Lipinski definition) is 2. The highest BCUT2D eigenvalue weighted by molar-refractivity contribution is 6.14. The van der Waals surface area contributed by atoms with Crippen molar-refractivity contribution in [3.05, 3.63) is 47.0 Å². The first-order valence-electron chi connectivity index (χ1n) is 6.52. The Labute approximate surface area is 113 Å². The third-order valence-electron chi connectivity index (χ3n) is 3.35. The van der Waals surface area contributed by atoms with Crippen LogP contribution in [0.3, 0.4) is 0 Å². The highest BCUT2D eigenvalue weighted by Gasteiger charge is 2.22. The van der Waals surface area contributed by atoms with Gasteiger partial charge in [0.2, 0.25) is 0 Å². The number of hydrogen-bond donors (Lipinski definition) is 0. The smallest absolute Gasteiger partial charge is 0.163 e. The molecule has 0 atom stereocenters. The SMILES string of the molecule is CCC(=O)c1cccc2c1C(C=O)=CC(C)(C)C=C2. The van der Waals surface area contributed by atoms with Gasteiger partial charge in [-0.2, -0.15) is 0 Å². The van der Waals surface area contributed by atoms with Crippen molar-refractivity contribution in [2.45, 2.75) is 27.2 Å². The van der Waals surface area contributed by atoms with E-state index in [0.717, 1.165) is 17.4 Å². The minimum absolute atomic E-state index is 0.0673. The first kappa shape index (κ1) is 13.5. The molecule has 0 bridgehead atoms. The molecule has 2 rings (SSSR count). The summed E-state index contributed by atoms with van der Waals surface area (Å²) in [6, 6.07) is 5.61. The van der Waals surface area contributed by atoms with Crippen molar-refractivity contribution in [1.82, 2.24) is 0 Å². The molecule has 0 heterocycles. The fourth-order valence-corrected chi connectivity index (χ4v) is 2.37. The second-order valence-corrected chi connectivity index (χ2v) is 5.42. The van der Waals surface area contributed by atoms with Gasteiger partial charge in [-0.3, -0.25) is 9.59 Å².